The summed E-state index contributed by atoms with van der Waals surface area (Å²) in [5, 5.41) is 12.9. The third kappa shape index (κ3) is 4.90. The van der Waals surface area contributed by atoms with Gasteiger partial charge in [-0.2, -0.15) is 0 Å². The maximum Gasteiger partial charge on any atom is 0.291 e. The molecule has 0 saturated heterocycles. The van der Waals surface area contributed by atoms with E-state index in [0.717, 1.165) is 11.1 Å². The van der Waals surface area contributed by atoms with E-state index in [2.05, 4.69) is 5.32 Å². The predicted molar refractivity (Wildman–Crippen MR) is 111 cm³/mol. The number of ether oxygens (including phenoxy) is 2. The number of methoxy groups -OCH3 is 1. The largest absolute Gasteiger partial charge is 0.508 e. The molecule has 152 valence electrons. The Morgan fingerprint density at radius 3 is 2.62 bits per heavy atom. The van der Waals surface area contributed by atoms with Crippen molar-refractivity contribution in [3.05, 3.63) is 71.2 Å². The first-order valence-electron chi connectivity index (χ1n) is 9.37. The maximum atomic E-state index is 12.6. The van der Waals surface area contributed by atoms with Crippen molar-refractivity contribution in [2.24, 2.45) is 0 Å². The van der Waals surface area contributed by atoms with Crippen molar-refractivity contribution in [3.8, 4) is 17.2 Å². The van der Waals surface area contributed by atoms with E-state index in [1.807, 2.05) is 39.0 Å². The molecule has 1 heterocycles. The molecular formula is C23H25NO5. The molecule has 2 N–H and O–H groups in total. The van der Waals surface area contributed by atoms with Gasteiger partial charge in [-0.05, 0) is 60.4 Å². The van der Waals surface area contributed by atoms with Gasteiger partial charge in [-0.1, -0.05) is 19.9 Å². The van der Waals surface area contributed by atoms with Crippen molar-refractivity contribution < 1.29 is 23.8 Å². The number of phenolic OH excluding ortho intramolecular Hbond substituents is 1. The summed E-state index contributed by atoms with van der Waals surface area (Å²) in [6.07, 6.45) is 0. The summed E-state index contributed by atoms with van der Waals surface area (Å²) < 4.78 is 16.5. The average molecular weight is 395 g/mol. The number of carbonyl (C=O) groups is 1. The van der Waals surface area contributed by atoms with Crippen molar-refractivity contribution in [1.82, 2.24) is 0 Å². The zero-order chi connectivity index (χ0) is 21.0. The minimum atomic E-state index is -0.360. The molecule has 6 heteroatoms. The molecule has 3 aromatic rings. The lowest BCUT2D eigenvalue weighted by molar-refractivity contribution is 0.0992. The Bertz CT molecular complexity index is 1010. The lowest BCUT2D eigenvalue weighted by Crippen LogP contribution is -2.12. The van der Waals surface area contributed by atoms with Crippen LogP contribution in [0.4, 0.5) is 5.69 Å². The van der Waals surface area contributed by atoms with Gasteiger partial charge in [0.05, 0.1) is 7.11 Å². The fourth-order valence-corrected chi connectivity index (χ4v) is 2.91. The van der Waals surface area contributed by atoms with Crippen LogP contribution in [0.25, 0.3) is 0 Å². The molecule has 0 unspecified atom stereocenters. The lowest BCUT2D eigenvalue weighted by atomic mass is 9.99. The number of hydrogen-bond donors (Lipinski definition) is 2. The van der Waals surface area contributed by atoms with Gasteiger partial charge in [-0.25, -0.2) is 0 Å². The summed E-state index contributed by atoms with van der Waals surface area (Å²) >= 11 is 0. The van der Waals surface area contributed by atoms with E-state index < -0.39 is 0 Å². The Hall–Kier alpha value is -3.41. The van der Waals surface area contributed by atoms with Crippen molar-refractivity contribution in [2.45, 2.75) is 33.3 Å². The van der Waals surface area contributed by atoms with E-state index in [9.17, 15) is 9.90 Å². The van der Waals surface area contributed by atoms with Crippen molar-refractivity contribution >= 4 is 11.6 Å². The first-order chi connectivity index (χ1) is 13.9. The molecule has 0 fully saturated rings. The molecule has 0 spiro atoms. The van der Waals surface area contributed by atoms with Crippen LogP contribution in [-0.2, 0) is 6.61 Å². The van der Waals surface area contributed by atoms with Gasteiger partial charge in [-0.15, -0.1) is 0 Å². The fraction of sp³-hybridized carbons (Fsp3) is 0.261. The number of hydrogen-bond acceptors (Lipinski definition) is 5. The number of aromatic hydroxyl groups is 1. The Morgan fingerprint density at radius 2 is 1.90 bits per heavy atom. The van der Waals surface area contributed by atoms with Gasteiger partial charge in [0, 0.05) is 11.8 Å². The molecule has 1 aromatic heterocycles. The van der Waals surface area contributed by atoms with Crippen molar-refractivity contribution in [3.63, 3.8) is 0 Å². The van der Waals surface area contributed by atoms with E-state index in [0.29, 0.717) is 22.9 Å². The van der Waals surface area contributed by atoms with Crippen LogP contribution < -0.4 is 14.8 Å². The molecule has 0 saturated carbocycles. The molecule has 0 atom stereocenters. The first-order valence-corrected chi connectivity index (χ1v) is 9.37. The molecule has 0 aliphatic carbocycles. The predicted octanol–water partition coefficient (Wildman–Crippen LogP) is 5.26. The number of phenols is 1. The quantitative estimate of drug-likeness (QED) is 0.534. The van der Waals surface area contributed by atoms with Gasteiger partial charge in [-0.3, -0.25) is 4.79 Å². The van der Waals surface area contributed by atoms with Crippen LogP contribution in [0.2, 0.25) is 0 Å². The standard InChI is InChI=1S/C23H25NO5/c1-14(2)19-12-20(15(3)10-21(19)25)24-23(26)22-9-8-18(29-22)13-28-17-7-5-6-16(11-17)27-4/h5-12,14,25H,13H2,1-4H3,(H,24,26). The highest BCUT2D eigenvalue weighted by atomic mass is 16.5. The number of anilines is 1. The van der Waals surface area contributed by atoms with Crippen LogP contribution in [0.1, 0.15) is 47.2 Å². The summed E-state index contributed by atoms with van der Waals surface area (Å²) in [7, 11) is 1.59. The van der Waals surface area contributed by atoms with Gasteiger partial charge in [0.1, 0.15) is 29.6 Å². The van der Waals surface area contributed by atoms with Crippen LogP contribution in [0, 0.1) is 6.92 Å². The monoisotopic (exact) mass is 395 g/mol. The Kier molecular flexibility index (Phi) is 6.12. The lowest BCUT2D eigenvalue weighted by Gasteiger charge is -2.14. The zero-order valence-electron chi connectivity index (χ0n) is 17.0. The minimum absolute atomic E-state index is 0.134. The molecule has 0 aliphatic heterocycles. The molecule has 1 amide bonds. The number of furan rings is 1. The van der Waals surface area contributed by atoms with Gasteiger partial charge < -0.3 is 24.3 Å². The summed E-state index contributed by atoms with van der Waals surface area (Å²) in [6, 6.07) is 14.0. The summed E-state index contributed by atoms with van der Waals surface area (Å²) in [5.74, 6) is 2.07. The molecule has 6 nitrogen and oxygen atoms in total. The van der Waals surface area contributed by atoms with E-state index in [-0.39, 0.29) is 29.9 Å². The second-order valence-corrected chi connectivity index (χ2v) is 7.07. The van der Waals surface area contributed by atoms with Crippen molar-refractivity contribution in [1.29, 1.82) is 0 Å². The Morgan fingerprint density at radius 1 is 1.14 bits per heavy atom. The molecular weight excluding hydrogens is 370 g/mol. The number of carbonyl (C=O) groups excluding carboxylic acids is 1. The Labute approximate surface area is 170 Å². The maximum absolute atomic E-state index is 12.6. The minimum Gasteiger partial charge on any atom is -0.508 e. The van der Waals surface area contributed by atoms with Crippen LogP contribution in [-0.4, -0.2) is 18.1 Å². The van der Waals surface area contributed by atoms with Crippen molar-refractivity contribution in [2.75, 3.05) is 12.4 Å². The average Bonchev–Trinajstić information content (AvgIpc) is 3.17. The number of aryl methyl sites for hydroxylation is 1. The SMILES string of the molecule is COc1cccc(OCc2ccc(C(=O)Nc3cc(C(C)C)c(O)cc3C)o2)c1. The number of rotatable bonds is 7. The van der Waals surface area contributed by atoms with E-state index in [1.165, 1.54) is 0 Å². The second kappa shape index (κ2) is 8.73. The van der Waals surface area contributed by atoms with Gasteiger partial charge >= 0.3 is 0 Å². The highest BCUT2D eigenvalue weighted by molar-refractivity contribution is 6.02. The smallest absolute Gasteiger partial charge is 0.291 e. The third-order valence-corrected chi connectivity index (χ3v) is 4.55. The molecule has 3 rings (SSSR count). The summed E-state index contributed by atoms with van der Waals surface area (Å²) in [6.45, 7) is 5.99. The molecule has 29 heavy (non-hydrogen) atoms. The van der Waals surface area contributed by atoms with Gasteiger partial charge in [0.15, 0.2) is 5.76 Å². The number of amides is 1. The van der Waals surface area contributed by atoms with Crippen LogP contribution >= 0.6 is 0 Å². The summed E-state index contributed by atoms with van der Waals surface area (Å²) in [4.78, 5) is 12.6. The molecule has 0 radical (unpaired) electrons. The van der Waals surface area contributed by atoms with Crippen LogP contribution in [0.15, 0.2) is 52.9 Å². The van der Waals surface area contributed by atoms with E-state index in [1.54, 1.807) is 37.4 Å². The van der Waals surface area contributed by atoms with Gasteiger partial charge in [0.25, 0.3) is 5.91 Å². The number of benzene rings is 2. The highest BCUT2D eigenvalue weighted by Crippen LogP contribution is 2.31. The first kappa shape index (κ1) is 20.3. The van der Waals surface area contributed by atoms with Crippen LogP contribution in [0.3, 0.4) is 0 Å². The topological polar surface area (TPSA) is 80.9 Å². The third-order valence-electron chi connectivity index (χ3n) is 4.55. The highest BCUT2D eigenvalue weighted by Gasteiger charge is 2.16. The molecule has 0 bridgehead atoms. The van der Waals surface area contributed by atoms with Gasteiger partial charge in [0.2, 0.25) is 0 Å². The zero-order valence-corrected chi connectivity index (χ0v) is 17.0. The molecule has 0 aliphatic rings. The fourth-order valence-electron chi connectivity index (χ4n) is 2.91. The summed E-state index contributed by atoms with van der Waals surface area (Å²) in [5.41, 5.74) is 2.19. The Balaban J connectivity index is 1.67. The van der Waals surface area contributed by atoms with E-state index in [4.69, 9.17) is 13.9 Å². The normalized spacial score (nSPS) is 10.8. The van der Waals surface area contributed by atoms with Crippen LogP contribution in [0.5, 0.6) is 17.2 Å². The second-order valence-electron chi connectivity index (χ2n) is 7.07. The molecule has 2 aromatic carbocycles. The number of nitrogens with one attached hydrogen (secondary N) is 1. The van der Waals surface area contributed by atoms with E-state index >= 15 is 0 Å².